The van der Waals surface area contributed by atoms with Crippen molar-refractivity contribution in [3.05, 3.63) is 51.2 Å². The number of rotatable bonds is 4. The molecule has 0 spiro atoms. The van der Waals surface area contributed by atoms with Crippen LogP contribution < -0.4 is 11.1 Å². The minimum atomic E-state index is -4.47. The highest BCUT2D eigenvalue weighted by Gasteiger charge is 2.34. The van der Waals surface area contributed by atoms with Crippen LogP contribution >= 0.6 is 23.6 Å². The molecule has 0 fully saturated rings. The van der Waals surface area contributed by atoms with Gasteiger partial charge in [0.25, 0.3) is 0 Å². The number of thiophene rings is 1. The lowest BCUT2D eigenvalue weighted by Crippen LogP contribution is -2.18. The molecule has 7 heteroatoms. The van der Waals surface area contributed by atoms with Crippen LogP contribution in [0, 0.1) is 6.92 Å². The fourth-order valence-corrected chi connectivity index (χ4v) is 2.87. The van der Waals surface area contributed by atoms with E-state index in [2.05, 4.69) is 5.32 Å². The zero-order valence-electron chi connectivity index (χ0n) is 11.1. The molecule has 112 valence electrons. The van der Waals surface area contributed by atoms with Gasteiger partial charge in [0.05, 0.1) is 5.56 Å². The highest BCUT2D eigenvalue weighted by atomic mass is 32.1. The predicted molar refractivity (Wildman–Crippen MR) is 83.7 cm³/mol. The second-order valence-electron chi connectivity index (χ2n) is 4.49. The molecule has 0 atom stereocenters. The van der Waals surface area contributed by atoms with Gasteiger partial charge in [0.1, 0.15) is 4.99 Å². The lowest BCUT2D eigenvalue weighted by molar-refractivity contribution is -0.137. The molecule has 0 unspecified atom stereocenters. The lowest BCUT2D eigenvalue weighted by Gasteiger charge is -2.14. The molecule has 2 nitrogen and oxygen atoms in total. The van der Waals surface area contributed by atoms with Crippen molar-refractivity contribution in [3.8, 4) is 0 Å². The Morgan fingerprint density at radius 2 is 2.00 bits per heavy atom. The molecule has 0 aliphatic rings. The van der Waals surface area contributed by atoms with E-state index in [1.54, 1.807) is 11.3 Å². The first kappa shape index (κ1) is 15.8. The number of hydrogen-bond acceptors (Lipinski definition) is 3. The number of nitrogens with two attached hydrogens (primary N) is 1. The van der Waals surface area contributed by atoms with Gasteiger partial charge < -0.3 is 11.1 Å². The van der Waals surface area contributed by atoms with E-state index >= 15 is 0 Å². The largest absolute Gasteiger partial charge is 0.417 e. The Morgan fingerprint density at radius 1 is 1.29 bits per heavy atom. The molecule has 1 aromatic heterocycles. The summed E-state index contributed by atoms with van der Waals surface area (Å²) in [5.74, 6) is 0. The van der Waals surface area contributed by atoms with Crippen molar-refractivity contribution in [2.75, 3.05) is 5.32 Å². The zero-order chi connectivity index (χ0) is 15.6. The van der Waals surface area contributed by atoms with Crippen molar-refractivity contribution >= 4 is 34.2 Å². The Bertz CT molecular complexity index is 662. The van der Waals surface area contributed by atoms with Crippen LogP contribution in [-0.2, 0) is 12.7 Å². The first-order valence-electron chi connectivity index (χ1n) is 6.07. The fourth-order valence-electron chi connectivity index (χ4n) is 1.87. The maximum atomic E-state index is 12.9. The van der Waals surface area contributed by atoms with Gasteiger partial charge >= 0.3 is 6.18 Å². The van der Waals surface area contributed by atoms with Crippen LogP contribution in [0.1, 0.15) is 20.9 Å². The number of alkyl halides is 3. The highest BCUT2D eigenvalue weighted by molar-refractivity contribution is 7.80. The van der Waals surface area contributed by atoms with Crippen molar-refractivity contribution in [1.82, 2.24) is 0 Å². The van der Waals surface area contributed by atoms with E-state index in [1.165, 1.54) is 17.0 Å². The normalized spacial score (nSPS) is 11.4. The van der Waals surface area contributed by atoms with E-state index in [1.807, 2.05) is 19.1 Å². The third kappa shape index (κ3) is 3.95. The average Bonchev–Trinajstić information content (AvgIpc) is 2.80. The molecular weight excluding hydrogens is 317 g/mol. The smallest absolute Gasteiger partial charge is 0.389 e. The second kappa shape index (κ2) is 6.03. The molecule has 0 bridgehead atoms. The average molecular weight is 330 g/mol. The van der Waals surface area contributed by atoms with E-state index < -0.39 is 11.7 Å². The molecule has 0 saturated heterocycles. The van der Waals surface area contributed by atoms with Crippen molar-refractivity contribution < 1.29 is 13.2 Å². The van der Waals surface area contributed by atoms with E-state index in [0.29, 0.717) is 12.2 Å². The van der Waals surface area contributed by atoms with Gasteiger partial charge in [-0.1, -0.05) is 12.2 Å². The number of benzene rings is 1. The number of nitrogens with one attached hydrogen (secondary N) is 1. The summed E-state index contributed by atoms with van der Waals surface area (Å²) < 4.78 is 38.6. The molecule has 2 aromatic rings. The van der Waals surface area contributed by atoms with Gasteiger partial charge in [-0.3, -0.25) is 0 Å². The first-order valence-corrected chi connectivity index (χ1v) is 7.30. The van der Waals surface area contributed by atoms with Crippen LogP contribution in [0.5, 0.6) is 0 Å². The molecule has 0 aliphatic carbocycles. The molecule has 0 saturated carbocycles. The summed E-state index contributed by atoms with van der Waals surface area (Å²) in [6.07, 6.45) is -4.47. The number of hydrogen-bond donors (Lipinski definition) is 2. The Morgan fingerprint density at radius 3 is 2.52 bits per heavy atom. The van der Waals surface area contributed by atoms with Crippen LogP contribution in [0.15, 0.2) is 30.3 Å². The third-order valence-corrected chi connectivity index (χ3v) is 4.07. The van der Waals surface area contributed by atoms with Crippen LogP contribution in [0.25, 0.3) is 0 Å². The first-order chi connectivity index (χ1) is 9.77. The van der Waals surface area contributed by atoms with E-state index in [0.717, 1.165) is 10.9 Å². The number of aryl methyl sites for hydroxylation is 1. The van der Waals surface area contributed by atoms with Crippen LogP contribution in [0.2, 0.25) is 0 Å². The van der Waals surface area contributed by atoms with Crippen molar-refractivity contribution in [3.63, 3.8) is 0 Å². The van der Waals surface area contributed by atoms with Gasteiger partial charge in [0.2, 0.25) is 0 Å². The van der Waals surface area contributed by atoms with Crippen LogP contribution in [0.3, 0.4) is 0 Å². The summed E-state index contributed by atoms with van der Waals surface area (Å²) >= 11 is 6.34. The summed E-state index contributed by atoms with van der Waals surface area (Å²) in [5, 5.41) is 3.08. The second-order valence-corrected chi connectivity index (χ2v) is 6.30. The van der Waals surface area contributed by atoms with Crippen LogP contribution in [-0.4, -0.2) is 4.99 Å². The van der Waals surface area contributed by atoms with E-state index in [9.17, 15) is 13.2 Å². The Labute approximate surface area is 129 Å². The van der Waals surface area contributed by atoms with Gasteiger partial charge in [0, 0.05) is 27.5 Å². The fraction of sp³-hybridized carbons (Fsp3) is 0.214. The summed E-state index contributed by atoms with van der Waals surface area (Å²) in [6, 6.07) is 7.69. The molecular formula is C14H13F3N2S2. The SMILES string of the molecule is Cc1ccc(CNc2ccc(C(F)(F)F)c(C(N)=S)c2)s1. The van der Waals surface area contributed by atoms with Gasteiger partial charge in [-0.05, 0) is 37.3 Å². The molecule has 3 N–H and O–H groups in total. The number of thiocarbonyl (C=S) groups is 1. The molecule has 1 heterocycles. The van der Waals surface area contributed by atoms with Gasteiger partial charge in [-0.2, -0.15) is 13.2 Å². The lowest BCUT2D eigenvalue weighted by atomic mass is 10.1. The number of anilines is 1. The highest BCUT2D eigenvalue weighted by Crippen LogP contribution is 2.33. The minimum Gasteiger partial charge on any atom is -0.389 e. The Hall–Kier alpha value is -1.60. The molecule has 2 rings (SSSR count). The topological polar surface area (TPSA) is 38.0 Å². The van der Waals surface area contributed by atoms with Gasteiger partial charge in [-0.25, -0.2) is 0 Å². The van der Waals surface area contributed by atoms with Crippen molar-refractivity contribution in [2.45, 2.75) is 19.6 Å². The summed E-state index contributed by atoms with van der Waals surface area (Å²) in [6.45, 7) is 2.54. The Kier molecular flexibility index (Phi) is 4.53. The van der Waals surface area contributed by atoms with Crippen LogP contribution in [0.4, 0.5) is 18.9 Å². The van der Waals surface area contributed by atoms with Crippen molar-refractivity contribution in [1.29, 1.82) is 0 Å². The minimum absolute atomic E-state index is 0.162. The van der Waals surface area contributed by atoms with Gasteiger partial charge in [0.15, 0.2) is 0 Å². The standard InChI is InChI=1S/C14H13F3N2S2/c1-8-2-4-10(21-8)7-19-9-3-5-12(14(15,16)17)11(6-9)13(18)20/h2-6,19H,7H2,1H3,(H2,18,20). The quantitative estimate of drug-likeness (QED) is 0.820. The zero-order valence-corrected chi connectivity index (χ0v) is 12.8. The van der Waals surface area contributed by atoms with Gasteiger partial charge in [-0.15, -0.1) is 11.3 Å². The van der Waals surface area contributed by atoms with Crippen molar-refractivity contribution in [2.24, 2.45) is 5.73 Å². The maximum Gasteiger partial charge on any atom is 0.417 e. The molecule has 0 aliphatic heterocycles. The summed E-state index contributed by atoms with van der Waals surface area (Å²) in [7, 11) is 0. The molecule has 1 aromatic carbocycles. The molecule has 0 amide bonds. The van der Waals surface area contributed by atoms with E-state index in [-0.39, 0.29) is 10.6 Å². The van der Waals surface area contributed by atoms with E-state index in [4.69, 9.17) is 18.0 Å². The number of halogens is 3. The molecule has 0 radical (unpaired) electrons. The monoisotopic (exact) mass is 330 g/mol. The predicted octanol–water partition coefficient (Wildman–Crippen LogP) is 4.32. The Balaban J connectivity index is 2.22. The summed E-state index contributed by atoms with van der Waals surface area (Å²) in [4.78, 5) is 2.02. The third-order valence-electron chi connectivity index (χ3n) is 2.85. The summed E-state index contributed by atoms with van der Waals surface area (Å²) in [5.41, 5.74) is 4.97. The maximum absolute atomic E-state index is 12.9. The molecule has 21 heavy (non-hydrogen) atoms.